The summed E-state index contributed by atoms with van der Waals surface area (Å²) in [6, 6.07) is 10.2. The number of nitrogens with zero attached hydrogens (tertiary/aromatic N) is 1. The van der Waals surface area contributed by atoms with Crippen LogP contribution >= 0.6 is 11.3 Å². The molecule has 0 unspecified atom stereocenters. The highest BCUT2D eigenvalue weighted by atomic mass is 32.1. The fourth-order valence-corrected chi connectivity index (χ4v) is 2.19. The third-order valence-electron chi connectivity index (χ3n) is 2.11. The second-order valence-electron chi connectivity index (χ2n) is 3.32. The molecule has 0 aliphatic heterocycles. The van der Waals surface area contributed by atoms with Gasteiger partial charge < -0.3 is 5.32 Å². The first-order valence-electron chi connectivity index (χ1n) is 5.04. The molecule has 0 aliphatic carbocycles. The summed E-state index contributed by atoms with van der Waals surface area (Å²) in [7, 11) is 0. The Kier molecular flexibility index (Phi) is 3.71. The van der Waals surface area contributed by atoms with Gasteiger partial charge in [0, 0.05) is 17.5 Å². The zero-order valence-electron chi connectivity index (χ0n) is 8.81. The Morgan fingerprint density at radius 2 is 2.12 bits per heavy atom. The van der Waals surface area contributed by atoms with Crippen molar-refractivity contribution in [3.05, 3.63) is 41.4 Å². The molecule has 0 fully saturated rings. The predicted octanol–water partition coefficient (Wildman–Crippen LogP) is 2.53. The first-order valence-corrected chi connectivity index (χ1v) is 5.92. The van der Waals surface area contributed by atoms with Crippen molar-refractivity contribution in [2.75, 3.05) is 6.54 Å². The predicted molar refractivity (Wildman–Crippen MR) is 68.1 cm³/mol. The highest BCUT2D eigenvalue weighted by Crippen LogP contribution is 2.22. The van der Waals surface area contributed by atoms with Crippen molar-refractivity contribution in [3.8, 4) is 22.9 Å². The molecule has 1 aromatic heterocycles. The zero-order chi connectivity index (χ0) is 11.2. The number of aromatic nitrogens is 1. The summed E-state index contributed by atoms with van der Waals surface area (Å²) in [6.07, 6.45) is 5.16. The number of hydrogen-bond donors (Lipinski definition) is 1. The van der Waals surface area contributed by atoms with Crippen LogP contribution in [0.5, 0.6) is 0 Å². The lowest BCUT2D eigenvalue weighted by Crippen LogP contribution is -2.13. The molecular weight excluding hydrogens is 216 g/mol. The van der Waals surface area contributed by atoms with Crippen molar-refractivity contribution >= 4 is 11.3 Å². The molecule has 0 saturated carbocycles. The van der Waals surface area contributed by atoms with Crippen molar-refractivity contribution in [3.63, 3.8) is 0 Å². The van der Waals surface area contributed by atoms with Gasteiger partial charge in [0.1, 0.15) is 5.01 Å². The van der Waals surface area contributed by atoms with Gasteiger partial charge in [-0.3, -0.25) is 0 Å². The Morgan fingerprint density at radius 3 is 2.88 bits per heavy atom. The third-order valence-corrected chi connectivity index (χ3v) is 3.05. The van der Waals surface area contributed by atoms with Crippen molar-refractivity contribution < 1.29 is 0 Å². The molecule has 0 bridgehead atoms. The summed E-state index contributed by atoms with van der Waals surface area (Å²) in [4.78, 5) is 4.54. The quantitative estimate of drug-likeness (QED) is 0.642. The lowest BCUT2D eigenvalue weighted by atomic mass is 10.2. The van der Waals surface area contributed by atoms with Gasteiger partial charge in [0.05, 0.1) is 12.2 Å². The van der Waals surface area contributed by atoms with E-state index in [2.05, 4.69) is 33.7 Å². The highest BCUT2D eigenvalue weighted by Gasteiger charge is 2.03. The fraction of sp³-hybridized carbons (Fsp3) is 0.154. The van der Waals surface area contributed by atoms with Crippen LogP contribution in [0.4, 0.5) is 0 Å². The van der Waals surface area contributed by atoms with Gasteiger partial charge in [0.25, 0.3) is 0 Å². The van der Waals surface area contributed by atoms with Crippen LogP contribution in [0, 0.1) is 12.3 Å². The van der Waals surface area contributed by atoms with Gasteiger partial charge in [0.2, 0.25) is 0 Å². The summed E-state index contributed by atoms with van der Waals surface area (Å²) in [5.74, 6) is 2.54. The largest absolute Gasteiger partial charge is 0.301 e. The standard InChI is InChI=1S/C13H12N2S/c1-2-8-14-9-12-10-16-13(15-12)11-6-4-3-5-7-11/h1,3-7,10,14H,8-9H2. The summed E-state index contributed by atoms with van der Waals surface area (Å²) in [5.41, 5.74) is 2.20. The number of terminal acetylenes is 1. The number of rotatable bonds is 4. The van der Waals surface area contributed by atoms with Crippen molar-refractivity contribution in [1.82, 2.24) is 10.3 Å². The van der Waals surface area contributed by atoms with Crippen LogP contribution < -0.4 is 5.32 Å². The second-order valence-corrected chi connectivity index (χ2v) is 4.18. The van der Waals surface area contributed by atoms with Gasteiger partial charge in [-0.25, -0.2) is 4.98 Å². The number of thiazole rings is 1. The van der Waals surface area contributed by atoms with Gasteiger partial charge in [-0.15, -0.1) is 17.8 Å². The van der Waals surface area contributed by atoms with Crippen molar-refractivity contribution in [1.29, 1.82) is 0 Å². The normalized spacial score (nSPS) is 9.94. The second kappa shape index (κ2) is 5.45. The Labute approximate surface area is 99.4 Å². The van der Waals surface area contributed by atoms with E-state index in [0.29, 0.717) is 6.54 Å². The average molecular weight is 228 g/mol. The van der Waals surface area contributed by atoms with E-state index < -0.39 is 0 Å². The van der Waals surface area contributed by atoms with Gasteiger partial charge in [-0.05, 0) is 0 Å². The van der Waals surface area contributed by atoms with Crippen LogP contribution in [0.1, 0.15) is 5.69 Å². The molecule has 80 valence electrons. The summed E-state index contributed by atoms with van der Waals surface area (Å²) in [6.45, 7) is 1.31. The topological polar surface area (TPSA) is 24.9 Å². The lowest BCUT2D eigenvalue weighted by Gasteiger charge is -1.96. The monoisotopic (exact) mass is 228 g/mol. The molecular formula is C13H12N2S. The van der Waals surface area contributed by atoms with Crippen LogP contribution in [0.15, 0.2) is 35.7 Å². The Bertz CT molecular complexity index is 482. The van der Waals surface area contributed by atoms with E-state index in [0.717, 1.165) is 22.8 Å². The Hall–Kier alpha value is -1.63. The molecule has 0 spiro atoms. The molecule has 1 aromatic carbocycles. The Balaban J connectivity index is 2.06. The minimum absolute atomic E-state index is 0.582. The average Bonchev–Trinajstić information content (AvgIpc) is 2.79. The lowest BCUT2D eigenvalue weighted by molar-refractivity contribution is 0.755. The molecule has 2 aromatic rings. The number of hydrogen-bond acceptors (Lipinski definition) is 3. The summed E-state index contributed by atoms with van der Waals surface area (Å²) < 4.78 is 0. The van der Waals surface area contributed by atoms with Crippen LogP contribution in [0.2, 0.25) is 0 Å². The van der Waals surface area contributed by atoms with E-state index in [1.165, 1.54) is 0 Å². The van der Waals surface area contributed by atoms with Crippen molar-refractivity contribution in [2.24, 2.45) is 0 Å². The SMILES string of the molecule is C#CCNCc1csc(-c2ccccc2)n1. The zero-order valence-corrected chi connectivity index (χ0v) is 9.63. The maximum Gasteiger partial charge on any atom is 0.123 e. The Morgan fingerprint density at radius 1 is 1.31 bits per heavy atom. The van der Waals surface area contributed by atoms with Gasteiger partial charge in [-0.2, -0.15) is 0 Å². The molecule has 0 aliphatic rings. The first-order chi connectivity index (χ1) is 7.90. The van der Waals surface area contributed by atoms with Crippen LogP contribution in [0.25, 0.3) is 10.6 Å². The van der Waals surface area contributed by atoms with Gasteiger partial charge in [-0.1, -0.05) is 36.3 Å². The van der Waals surface area contributed by atoms with E-state index in [1.807, 2.05) is 18.2 Å². The molecule has 3 heteroatoms. The summed E-state index contributed by atoms with van der Waals surface area (Å²) in [5, 5.41) is 6.24. The van der Waals surface area contributed by atoms with Gasteiger partial charge in [0.15, 0.2) is 0 Å². The first kappa shape index (κ1) is 10.9. The molecule has 16 heavy (non-hydrogen) atoms. The minimum Gasteiger partial charge on any atom is -0.301 e. The molecule has 0 radical (unpaired) electrons. The minimum atomic E-state index is 0.582. The maximum absolute atomic E-state index is 5.16. The van der Waals surface area contributed by atoms with Gasteiger partial charge >= 0.3 is 0 Å². The molecule has 2 rings (SSSR count). The third kappa shape index (κ3) is 2.69. The molecule has 2 nitrogen and oxygen atoms in total. The van der Waals surface area contributed by atoms with E-state index in [-0.39, 0.29) is 0 Å². The van der Waals surface area contributed by atoms with E-state index in [4.69, 9.17) is 6.42 Å². The maximum atomic E-state index is 5.16. The molecule has 0 atom stereocenters. The molecule has 1 heterocycles. The van der Waals surface area contributed by atoms with E-state index >= 15 is 0 Å². The number of nitrogens with one attached hydrogen (secondary N) is 1. The van der Waals surface area contributed by atoms with E-state index in [9.17, 15) is 0 Å². The number of benzene rings is 1. The fourth-order valence-electron chi connectivity index (χ4n) is 1.36. The van der Waals surface area contributed by atoms with Crippen LogP contribution in [-0.4, -0.2) is 11.5 Å². The highest BCUT2D eigenvalue weighted by molar-refractivity contribution is 7.13. The molecule has 1 N–H and O–H groups in total. The van der Waals surface area contributed by atoms with Crippen molar-refractivity contribution in [2.45, 2.75) is 6.54 Å². The van der Waals surface area contributed by atoms with Crippen LogP contribution in [-0.2, 0) is 6.54 Å². The molecule has 0 saturated heterocycles. The van der Waals surface area contributed by atoms with Crippen LogP contribution in [0.3, 0.4) is 0 Å². The summed E-state index contributed by atoms with van der Waals surface area (Å²) >= 11 is 1.66. The van der Waals surface area contributed by atoms with E-state index in [1.54, 1.807) is 11.3 Å². The smallest absolute Gasteiger partial charge is 0.123 e. The molecule has 0 amide bonds.